The fourth-order valence-electron chi connectivity index (χ4n) is 2.93. The van der Waals surface area contributed by atoms with Crippen molar-refractivity contribution in [3.8, 4) is 0 Å². The van der Waals surface area contributed by atoms with Gasteiger partial charge in [0.15, 0.2) is 0 Å². The van der Waals surface area contributed by atoms with Crippen LogP contribution in [-0.4, -0.2) is 34.7 Å². The Balaban J connectivity index is 1.92. The molecule has 29 heavy (non-hydrogen) atoms. The maximum atomic E-state index is 13.0. The number of carbonyl (C=O) groups is 2. The van der Waals surface area contributed by atoms with Crippen LogP contribution in [0.2, 0.25) is 0 Å². The summed E-state index contributed by atoms with van der Waals surface area (Å²) >= 11 is 1.15. The van der Waals surface area contributed by atoms with Crippen LogP contribution in [0.1, 0.15) is 51.4 Å². The Hall–Kier alpha value is -3.00. The van der Waals surface area contributed by atoms with E-state index in [1.54, 1.807) is 32.0 Å². The summed E-state index contributed by atoms with van der Waals surface area (Å²) in [7, 11) is 0. The van der Waals surface area contributed by atoms with Crippen molar-refractivity contribution in [3.63, 3.8) is 0 Å². The lowest BCUT2D eigenvalue weighted by Crippen LogP contribution is -2.21. The van der Waals surface area contributed by atoms with E-state index >= 15 is 0 Å². The van der Waals surface area contributed by atoms with Crippen molar-refractivity contribution in [2.75, 3.05) is 13.2 Å². The molecule has 3 aromatic rings. The van der Waals surface area contributed by atoms with Crippen molar-refractivity contribution in [1.82, 2.24) is 9.55 Å². The highest BCUT2D eigenvalue weighted by molar-refractivity contribution is 7.20. The first-order chi connectivity index (χ1) is 14.0. The number of nitrogens with zero attached hydrogens (tertiary/aromatic N) is 2. The first-order valence-corrected chi connectivity index (χ1v) is 10.2. The van der Waals surface area contributed by atoms with Crippen molar-refractivity contribution in [2.45, 2.75) is 33.7 Å². The Kier molecular flexibility index (Phi) is 6.43. The summed E-state index contributed by atoms with van der Waals surface area (Å²) < 4.78 is 11.7. The van der Waals surface area contributed by atoms with E-state index in [4.69, 9.17) is 9.47 Å². The first-order valence-electron chi connectivity index (χ1n) is 9.38. The molecule has 0 unspecified atom stereocenters. The largest absolute Gasteiger partial charge is 0.462 e. The zero-order valence-electron chi connectivity index (χ0n) is 16.6. The van der Waals surface area contributed by atoms with Gasteiger partial charge >= 0.3 is 11.9 Å². The van der Waals surface area contributed by atoms with Gasteiger partial charge in [0.25, 0.3) is 5.56 Å². The number of hydrogen-bond acceptors (Lipinski definition) is 7. The number of aromatic nitrogens is 2. The Bertz CT molecular complexity index is 1120. The Labute approximate surface area is 171 Å². The fourth-order valence-corrected chi connectivity index (χ4v) is 3.97. The van der Waals surface area contributed by atoms with E-state index < -0.39 is 5.97 Å². The number of carbonyl (C=O) groups excluding carboxylic acids is 2. The molecule has 8 heteroatoms. The quantitative estimate of drug-likeness (QED) is 0.550. The average molecular weight is 414 g/mol. The zero-order valence-corrected chi connectivity index (χ0v) is 17.4. The maximum absolute atomic E-state index is 13.0. The molecule has 0 atom stereocenters. The minimum absolute atomic E-state index is 0.238. The molecular formula is C21H22N2O5S. The molecule has 152 valence electrons. The van der Waals surface area contributed by atoms with Crippen LogP contribution in [-0.2, 0) is 16.0 Å². The van der Waals surface area contributed by atoms with Crippen molar-refractivity contribution in [2.24, 2.45) is 0 Å². The maximum Gasteiger partial charge on any atom is 0.348 e. The van der Waals surface area contributed by atoms with E-state index in [-0.39, 0.29) is 24.7 Å². The molecular weight excluding hydrogens is 392 g/mol. The molecule has 0 saturated heterocycles. The van der Waals surface area contributed by atoms with Crippen molar-refractivity contribution in [1.29, 1.82) is 0 Å². The van der Waals surface area contributed by atoms with Gasteiger partial charge in [-0.25, -0.2) is 14.6 Å². The highest BCUT2D eigenvalue weighted by Gasteiger charge is 2.20. The van der Waals surface area contributed by atoms with Crippen LogP contribution in [0.4, 0.5) is 0 Å². The van der Waals surface area contributed by atoms with Crippen molar-refractivity contribution >= 4 is 33.5 Å². The zero-order chi connectivity index (χ0) is 21.0. The van der Waals surface area contributed by atoms with E-state index in [0.29, 0.717) is 32.8 Å². The summed E-state index contributed by atoms with van der Waals surface area (Å²) in [6.07, 6.45) is 2.21. The smallest absolute Gasteiger partial charge is 0.348 e. The van der Waals surface area contributed by atoms with Crippen LogP contribution in [0.25, 0.3) is 10.2 Å². The normalized spacial score (nSPS) is 10.9. The molecule has 0 aliphatic rings. The van der Waals surface area contributed by atoms with E-state index in [0.717, 1.165) is 23.3 Å². The number of esters is 2. The van der Waals surface area contributed by atoms with Gasteiger partial charge in [0.1, 0.15) is 9.71 Å². The summed E-state index contributed by atoms with van der Waals surface area (Å²) in [5.74, 6) is -0.834. The molecule has 0 spiro atoms. The Morgan fingerprint density at radius 1 is 1.17 bits per heavy atom. The predicted molar refractivity (Wildman–Crippen MR) is 111 cm³/mol. The standard InChI is InChI=1S/C21H22N2O5S/c1-4-9-28-20(25)15-8-6-7-14(10-15)11-23-12-22-18-16(19(23)24)13(3)17(29-18)21(26)27-5-2/h6-8,10,12H,4-5,9,11H2,1-3H3. The van der Waals surface area contributed by atoms with Crippen molar-refractivity contribution in [3.05, 3.63) is 62.5 Å². The van der Waals surface area contributed by atoms with E-state index in [1.165, 1.54) is 10.9 Å². The fraction of sp³-hybridized carbons (Fsp3) is 0.333. The summed E-state index contributed by atoms with van der Waals surface area (Å²) in [6.45, 7) is 6.27. The summed E-state index contributed by atoms with van der Waals surface area (Å²) in [5.41, 5.74) is 1.55. The third-order valence-electron chi connectivity index (χ3n) is 4.33. The lowest BCUT2D eigenvalue weighted by molar-refractivity contribution is 0.0502. The second kappa shape index (κ2) is 9.00. The third kappa shape index (κ3) is 4.37. The highest BCUT2D eigenvalue weighted by atomic mass is 32.1. The number of aryl methyl sites for hydroxylation is 1. The van der Waals surface area contributed by atoms with Crippen LogP contribution in [0.3, 0.4) is 0 Å². The molecule has 0 saturated carbocycles. The minimum Gasteiger partial charge on any atom is -0.462 e. The highest BCUT2D eigenvalue weighted by Crippen LogP contribution is 2.27. The SMILES string of the molecule is CCCOC(=O)c1cccc(Cn2cnc3sc(C(=O)OCC)c(C)c3c2=O)c1. The van der Waals surface area contributed by atoms with Gasteiger partial charge in [-0.2, -0.15) is 0 Å². The molecule has 0 radical (unpaired) electrons. The Morgan fingerprint density at radius 3 is 2.69 bits per heavy atom. The lowest BCUT2D eigenvalue weighted by atomic mass is 10.1. The van der Waals surface area contributed by atoms with Crippen LogP contribution < -0.4 is 5.56 Å². The van der Waals surface area contributed by atoms with Gasteiger partial charge in [-0.05, 0) is 43.5 Å². The molecule has 0 bridgehead atoms. The van der Waals surface area contributed by atoms with Gasteiger partial charge in [-0.3, -0.25) is 9.36 Å². The number of hydrogen-bond donors (Lipinski definition) is 0. The van der Waals surface area contributed by atoms with Gasteiger partial charge in [-0.15, -0.1) is 11.3 Å². The van der Waals surface area contributed by atoms with Crippen LogP contribution in [0.5, 0.6) is 0 Å². The molecule has 0 aliphatic heterocycles. The molecule has 3 rings (SSSR count). The van der Waals surface area contributed by atoms with Crippen LogP contribution in [0.15, 0.2) is 35.4 Å². The van der Waals surface area contributed by atoms with Gasteiger partial charge in [-0.1, -0.05) is 19.1 Å². The van der Waals surface area contributed by atoms with Gasteiger partial charge in [0.2, 0.25) is 0 Å². The molecule has 7 nitrogen and oxygen atoms in total. The molecule has 2 heterocycles. The average Bonchev–Trinajstić information content (AvgIpc) is 3.06. The predicted octanol–water partition coefficient (Wildman–Crippen LogP) is 3.56. The molecule has 2 aromatic heterocycles. The molecule has 0 aliphatic carbocycles. The number of thiophene rings is 1. The number of rotatable bonds is 7. The summed E-state index contributed by atoms with van der Waals surface area (Å²) in [4.78, 5) is 42.4. The van der Waals surface area contributed by atoms with Crippen LogP contribution in [0, 0.1) is 6.92 Å². The number of fused-ring (bicyclic) bond motifs is 1. The molecule has 0 amide bonds. The Morgan fingerprint density at radius 2 is 1.97 bits per heavy atom. The second-order valence-corrected chi connectivity index (χ2v) is 7.47. The lowest BCUT2D eigenvalue weighted by Gasteiger charge is -2.08. The van der Waals surface area contributed by atoms with E-state index in [1.807, 2.05) is 13.0 Å². The summed E-state index contributed by atoms with van der Waals surface area (Å²) in [6, 6.07) is 6.97. The number of ether oxygens (including phenoxy) is 2. The van der Waals surface area contributed by atoms with E-state index in [2.05, 4.69) is 4.98 Å². The topological polar surface area (TPSA) is 87.5 Å². The van der Waals surface area contributed by atoms with E-state index in [9.17, 15) is 14.4 Å². The van der Waals surface area contributed by atoms with Gasteiger partial charge < -0.3 is 9.47 Å². The van der Waals surface area contributed by atoms with Crippen LogP contribution >= 0.6 is 11.3 Å². The second-order valence-electron chi connectivity index (χ2n) is 6.47. The van der Waals surface area contributed by atoms with Gasteiger partial charge in [0.05, 0.1) is 37.0 Å². The molecule has 0 N–H and O–H groups in total. The number of benzene rings is 1. The van der Waals surface area contributed by atoms with Gasteiger partial charge in [0, 0.05) is 0 Å². The first kappa shape index (κ1) is 20.7. The monoisotopic (exact) mass is 414 g/mol. The third-order valence-corrected chi connectivity index (χ3v) is 5.51. The summed E-state index contributed by atoms with van der Waals surface area (Å²) in [5, 5.41) is 0.416. The minimum atomic E-state index is -0.447. The van der Waals surface area contributed by atoms with Crippen molar-refractivity contribution < 1.29 is 19.1 Å². The molecule has 1 aromatic carbocycles. The molecule has 0 fully saturated rings.